The summed E-state index contributed by atoms with van der Waals surface area (Å²) in [6.07, 6.45) is 2.77. The van der Waals surface area contributed by atoms with E-state index in [1.807, 2.05) is 49.4 Å². The summed E-state index contributed by atoms with van der Waals surface area (Å²) in [6, 6.07) is 16.9. The lowest BCUT2D eigenvalue weighted by Gasteiger charge is -2.15. The summed E-state index contributed by atoms with van der Waals surface area (Å²) in [5, 5.41) is 4.46. The Bertz CT molecular complexity index is 1340. The summed E-state index contributed by atoms with van der Waals surface area (Å²) < 4.78 is 12.6. The number of halogens is 3. The number of carbonyl (C=O) groups is 1. The number of carbonyl (C=O) groups excluding carboxylic acids is 1. The van der Waals surface area contributed by atoms with Crippen LogP contribution in [0.4, 0.5) is 5.69 Å². The number of aryl methyl sites for hydroxylation is 1. The zero-order valence-electron chi connectivity index (χ0n) is 19.6. The summed E-state index contributed by atoms with van der Waals surface area (Å²) in [5.41, 5.74) is 3.62. The molecule has 1 aliphatic heterocycles. The first-order valence-electron chi connectivity index (χ1n) is 11.3. The van der Waals surface area contributed by atoms with Crippen LogP contribution in [0.3, 0.4) is 0 Å². The van der Waals surface area contributed by atoms with E-state index in [0.717, 1.165) is 23.2 Å². The van der Waals surface area contributed by atoms with Crippen molar-refractivity contribution in [2.75, 3.05) is 6.61 Å². The number of amides is 1. The van der Waals surface area contributed by atoms with Crippen LogP contribution in [0.5, 0.6) is 11.5 Å². The van der Waals surface area contributed by atoms with E-state index in [2.05, 4.69) is 33.2 Å². The van der Waals surface area contributed by atoms with Gasteiger partial charge in [0.1, 0.15) is 6.61 Å². The predicted molar refractivity (Wildman–Crippen MR) is 153 cm³/mol. The fraction of sp³-hybridized carbons (Fsp3) is 0.185. The van der Waals surface area contributed by atoms with Crippen LogP contribution < -0.4 is 14.8 Å². The monoisotopic (exact) mass is 604 g/mol. The standard InChI is InChI=1S/C27H23BrCl2N2O3S/c1-3-16-5-9-20(10-6-16)31-27-32-26(33)24(36-27)13-17-11-21(28)25(23(12-17)34-4-2)35-15-18-7-8-19(29)14-22(18)30/h5-14H,3-4,15H2,1-2H3,(H,31,32,33)/b24-13-. The molecule has 0 radical (unpaired) electrons. The Kier molecular flexibility index (Phi) is 9.01. The van der Waals surface area contributed by atoms with Crippen LogP contribution in [0, 0.1) is 0 Å². The molecule has 9 heteroatoms. The van der Waals surface area contributed by atoms with Crippen molar-refractivity contribution in [1.29, 1.82) is 0 Å². The molecule has 1 heterocycles. The van der Waals surface area contributed by atoms with Crippen LogP contribution in [0.1, 0.15) is 30.5 Å². The maximum absolute atomic E-state index is 12.6. The highest BCUT2D eigenvalue weighted by Gasteiger charge is 2.24. The zero-order chi connectivity index (χ0) is 25.7. The quantitative estimate of drug-likeness (QED) is 0.263. The lowest BCUT2D eigenvalue weighted by molar-refractivity contribution is -0.115. The lowest BCUT2D eigenvalue weighted by Crippen LogP contribution is -2.19. The van der Waals surface area contributed by atoms with Gasteiger partial charge in [-0.2, -0.15) is 0 Å². The number of nitrogens with zero attached hydrogens (tertiary/aromatic N) is 1. The van der Waals surface area contributed by atoms with Gasteiger partial charge in [0, 0.05) is 15.6 Å². The summed E-state index contributed by atoms with van der Waals surface area (Å²) >= 11 is 17.2. The van der Waals surface area contributed by atoms with Crippen LogP contribution in [0.25, 0.3) is 6.08 Å². The van der Waals surface area contributed by atoms with Gasteiger partial charge in [-0.25, -0.2) is 4.99 Å². The topological polar surface area (TPSA) is 59.9 Å². The molecule has 0 aromatic heterocycles. The Morgan fingerprint density at radius 1 is 1.06 bits per heavy atom. The van der Waals surface area contributed by atoms with Crippen molar-refractivity contribution >= 4 is 73.7 Å². The number of amidine groups is 1. The molecule has 0 bridgehead atoms. The van der Waals surface area contributed by atoms with E-state index in [1.54, 1.807) is 18.2 Å². The number of aliphatic imine (C=N–C) groups is 1. The second-order valence-electron chi connectivity index (χ2n) is 7.79. The minimum Gasteiger partial charge on any atom is -0.490 e. The predicted octanol–water partition coefficient (Wildman–Crippen LogP) is 8.19. The number of benzene rings is 3. The van der Waals surface area contributed by atoms with Gasteiger partial charge in [0.25, 0.3) is 5.91 Å². The summed E-state index contributed by atoms with van der Waals surface area (Å²) in [7, 11) is 0. The van der Waals surface area contributed by atoms with Crippen molar-refractivity contribution in [2.45, 2.75) is 26.9 Å². The van der Waals surface area contributed by atoms with Crippen molar-refractivity contribution < 1.29 is 14.3 Å². The Hall–Kier alpha value is -2.45. The molecular formula is C27H23BrCl2N2O3S. The molecule has 0 aliphatic carbocycles. The van der Waals surface area contributed by atoms with Crippen LogP contribution in [0.2, 0.25) is 10.0 Å². The minimum atomic E-state index is -0.198. The van der Waals surface area contributed by atoms with Gasteiger partial charge in [-0.1, -0.05) is 48.3 Å². The molecule has 1 saturated heterocycles. The molecule has 1 amide bonds. The third-order valence-corrected chi connectivity index (χ3v) is 7.33. The largest absolute Gasteiger partial charge is 0.490 e. The third kappa shape index (κ3) is 6.65. The van der Waals surface area contributed by atoms with Crippen LogP contribution in [-0.4, -0.2) is 17.7 Å². The second-order valence-corrected chi connectivity index (χ2v) is 10.5. The highest BCUT2D eigenvalue weighted by molar-refractivity contribution is 9.10. The van der Waals surface area contributed by atoms with Gasteiger partial charge in [-0.15, -0.1) is 0 Å². The number of hydrogen-bond donors (Lipinski definition) is 1. The first-order chi connectivity index (χ1) is 17.4. The van der Waals surface area contributed by atoms with Gasteiger partial charge in [-0.3, -0.25) is 4.79 Å². The molecule has 1 fully saturated rings. The van der Waals surface area contributed by atoms with Crippen LogP contribution >= 0.6 is 50.9 Å². The Balaban J connectivity index is 1.54. The maximum Gasteiger partial charge on any atom is 0.264 e. The first kappa shape index (κ1) is 26.6. The fourth-order valence-corrected chi connectivity index (χ4v) is 5.30. The number of thioether (sulfide) groups is 1. The molecule has 186 valence electrons. The highest BCUT2D eigenvalue weighted by Crippen LogP contribution is 2.39. The summed E-state index contributed by atoms with van der Waals surface area (Å²) in [4.78, 5) is 17.7. The molecule has 3 aromatic carbocycles. The Morgan fingerprint density at radius 3 is 2.53 bits per heavy atom. The maximum atomic E-state index is 12.6. The average molecular weight is 606 g/mol. The Morgan fingerprint density at radius 2 is 1.83 bits per heavy atom. The zero-order valence-corrected chi connectivity index (χ0v) is 23.5. The first-order valence-corrected chi connectivity index (χ1v) is 13.6. The van der Waals surface area contributed by atoms with Gasteiger partial charge >= 0.3 is 0 Å². The number of hydrogen-bond acceptors (Lipinski definition) is 5. The minimum absolute atomic E-state index is 0.198. The third-order valence-electron chi connectivity index (χ3n) is 5.24. The van der Waals surface area contributed by atoms with Crippen molar-refractivity contribution in [2.24, 2.45) is 4.99 Å². The molecular weight excluding hydrogens is 583 g/mol. The van der Waals surface area contributed by atoms with E-state index in [9.17, 15) is 4.79 Å². The van der Waals surface area contributed by atoms with Crippen molar-refractivity contribution in [3.8, 4) is 11.5 Å². The smallest absolute Gasteiger partial charge is 0.264 e. The van der Waals surface area contributed by atoms with Crippen molar-refractivity contribution in [3.05, 3.63) is 90.7 Å². The van der Waals surface area contributed by atoms with Gasteiger partial charge in [0.2, 0.25) is 0 Å². The van der Waals surface area contributed by atoms with Gasteiger partial charge in [0.15, 0.2) is 16.7 Å². The molecule has 5 nitrogen and oxygen atoms in total. The van der Waals surface area contributed by atoms with Crippen molar-refractivity contribution in [3.63, 3.8) is 0 Å². The molecule has 0 saturated carbocycles. The highest BCUT2D eigenvalue weighted by atomic mass is 79.9. The summed E-state index contributed by atoms with van der Waals surface area (Å²) in [5.74, 6) is 0.902. The second kappa shape index (κ2) is 12.2. The number of ether oxygens (including phenoxy) is 2. The van der Waals surface area contributed by atoms with E-state index in [4.69, 9.17) is 32.7 Å². The van der Waals surface area contributed by atoms with Crippen LogP contribution in [-0.2, 0) is 17.8 Å². The van der Waals surface area contributed by atoms with E-state index >= 15 is 0 Å². The Labute approximate surface area is 233 Å². The normalized spacial score (nSPS) is 15.4. The SMILES string of the molecule is CCOc1cc(/C=C2\SC(=Nc3ccc(CC)cc3)NC2=O)cc(Br)c1OCc1ccc(Cl)cc1Cl. The fourth-order valence-electron chi connectivity index (χ4n) is 3.42. The van der Waals surface area contributed by atoms with E-state index in [-0.39, 0.29) is 12.5 Å². The molecule has 1 aliphatic rings. The number of nitrogens with one attached hydrogen (secondary N) is 1. The summed E-state index contributed by atoms with van der Waals surface area (Å²) in [6.45, 7) is 4.70. The molecule has 0 unspecified atom stereocenters. The molecule has 0 spiro atoms. The van der Waals surface area contributed by atoms with E-state index in [0.29, 0.717) is 42.7 Å². The van der Waals surface area contributed by atoms with Crippen molar-refractivity contribution in [1.82, 2.24) is 5.32 Å². The molecule has 0 atom stereocenters. The van der Waals surface area contributed by atoms with Gasteiger partial charge in [-0.05, 0) is 94.6 Å². The van der Waals surface area contributed by atoms with E-state index in [1.165, 1.54) is 17.3 Å². The molecule has 1 N–H and O–H groups in total. The van der Waals surface area contributed by atoms with Crippen LogP contribution in [0.15, 0.2) is 69.0 Å². The number of rotatable bonds is 8. The molecule has 3 aromatic rings. The lowest BCUT2D eigenvalue weighted by atomic mass is 10.1. The average Bonchev–Trinajstić information content (AvgIpc) is 3.18. The van der Waals surface area contributed by atoms with E-state index < -0.39 is 0 Å². The molecule has 36 heavy (non-hydrogen) atoms. The van der Waals surface area contributed by atoms with Gasteiger partial charge in [0.05, 0.1) is 21.7 Å². The molecule has 4 rings (SSSR count). The van der Waals surface area contributed by atoms with Gasteiger partial charge < -0.3 is 14.8 Å².